The van der Waals surface area contributed by atoms with Gasteiger partial charge in [-0.3, -0.25) is 4.79 Å². The Morgan fingerprint density at radius 2 is 1.51 bits per heavy atom. The number of anilines is 2. The minimum atomic E-state index is -6.06. The first-order chi connectivity index (χ1) is 30.0. The number of aliphatic hydroxyl groups excluding tert-OH is 1. The lowest BCUT2D eigenvalue weighted by molar-refractivity contribution is -0.0435. The van der Waals surface area contributed by atoms with Crippen molar-refractivity contribution in [3.63, 3.8) is 0 Å². The molecule has 1 unspecified atom stereocenters. The van der Waals surface area contributed by atoms with Gasteiger partial charge in [0.15, 0.2) is 0 Å². The summed E-state index contributed by atoms with van der Waals surface area (Å²) in [4.78, 5) is 16.3. The highest BCUT2D eigenvalue weighted by atomic mass is 35.5. The summed E-state index contributed by atoms with van der Waals surface area (Å²) < 4.78 is 97.3. The molecule has 17 heteroatoms. The third-order valence-electron chi connectivity index (χ3n) is 11.2. The molecular weight excluding hydrogens is 893 g/mol. The van der Waals surface area contributed by atoms with Crippen molar-refractivity contribution in [3.05, 3.63) is 137 Å². The molecule has 1 fully saturated rings. The third kappa shape index (κ3) is 12.0. The number of carbonyl (C=O) groups is 1. The molecule has 1 saturated heterocycles. The lowest BCUT2D eigenvalue weighted by Gasteiger charge is -2.36. The van der Waals surface area contributed by atoms with Crippen LogP contribution in [0.1, 0.15) is 55.1 Å². The second-order valence-corrected chi connectivity index (χ2v) is 20.4. The molecule has 6 rings (SSSR count). The zero-order chi connectivity index (χ0) is 45.4. The molecule has 5 aromatic rings. The van der Waals surface area contributed by atoms with E-state index in [1.807, 2.05) is 97.4 Å². The number of amides is 1. The number of thioether (sulfide) groups is 1. The number of alkyl halides is 3. The van der Waals surface area contributed by atoms with Crippen molar-refractivity contribution < 1.29 is 39.9 Å². The molecule has 1 aliphatic heterocycles. The van der Waals surface area contributed by atoms with Crippen LogP contribution in [-0.2, 0) is 19.9 Å². The number of carbonyl (C=O) groups excluding carboxylic acids is 1. The van der Waals surface area contributed by atoms with Crippen LogP contribution in [0, 0.1) is 5.92 Å². The molecule has 63 heavy (non-hydrogen) atoms. The van der Waals surface area contributed by atoms with Gasteiger partial charge in [0.1, 0.15) is 4.90 Å². The normalized spacial score (nSPS) is 15.0. The Morgan fingerprint density at radius 1 is 0.873 bits per heavy atom. The van der Waals surface area contributed by atoms with E-state index in [4.69, 9.17) is 11.6 Å². The van der Waals surface area contributed by atoms with E-state index in [1.54, 1.807) is 12.1 Å². The summed E-state index contributed by atoms with van der Waals surface area (Å²) in [6, 6.07) is 32.6. The van der Waals surface area contributed by atoms with Crippen LogP contribution in [-0.4, -0.2) is 82.8 Å². The Hall–Kier alpha value is -4.58. The second-order valence-electron chi connectivity index (χ2n) is 15.2. The molecule has 0 aliphatic carbocycles. The highest BCUT2D eigenvalue weighted by Gasteiger charge is 2.48. The largest absolute Gasteiger partial charge is 0.501 e. The second kappa shape index (κ2) is 20.9. The molecule has 10 nitrogen and oxygen atoms in total. The number of hydrogen-bond acceptors (Lipinski definition) is 10. The molecule has 0 radical (unpaired) electrons. The van der Waals surface area contributed by atoms with Crippen LogP contribution in [0.5, 0.6) is 0 Å². The maximum atomic E-state index is 14.1. The summed E-state index contributed by atoms with van der Waals surface area (Å²) in [5, 5.41) is 15.1. The molecule has 0 bridgehead atoms. The van der Waals surface area contributed by atoms with Gasteiger partial charge < -0.3 is 20.2 Å². The van der Waals surface area contributed by atoms with Crippen LogP contribution >= 0.6 is 23.4 Å². The number of sulfone groups is 1. The number of hydrogen-bond donors (Lipinski definition) is 3. The average molecular weight is 944 g/mol. The molecule has 336 valence electrons. The number of sulfonamides is 1. The molecule has 2 atom stereocenters. The van der Waals surface area contributed by atoms with E-state index in [0.717, 1.165) is 52.5 Å². The summed E-state index contributed by atoms with van der Waals surface area (Å²) in [5.41, 5.74) is -2.71. The Labute approximate surface area is 376 Å². The Kier molecular flexibility index (Phi) is 15.9. The van der Waals surface area contributed by atoms with Gasteiger partial charge in [0, 0.05) is 52.6 Å². The quantitative estimate of drug-likeness (QED) is 0.0729. The zero-order valence-electron chi connectivity index (χ0n) is 34.8. The van der Waals surface area contributed by atoms with Crippen molar-refractivity contribution in [2.45, 2.75) is 65.5 Å². The van der Waals surface area contributed by atoms with Gasteiger partial charge in [-0.25, -0.2) is 21.6 Å². The molecule has 3 N–H and O–H groups in total. The Balaban J connectivity index is 1.14. The molecule has 0 saturated carbocycles. The molecule has 0 aromatic heterocycles. The van der Waals surface area contributed by atoms with E-state index >= 15 is 0 Å². The van der Waals surface area contributed by atoms with E-state index in [9.17, 15) is 39.9 Å². The van der Waals surface area contributed by atoms with Crippen molar-refractivity contribution in [1.82, 2.24) is 9.62 Å². The van der Waals surface area contributed by atoms with Crippen LogP contribution in [0.4, 0.5) is 24.5 Å². The average Bonchev–Trinajstić information content (AvgIpc) is 3.28. The van der Waals surface area contributed by atoms with Crippen LogP contribution < -0.4 is 14.9 Å². The van der Waals surface area contributed by atoms with Crippen molar-refractivity contribution in [1.29, 1.82) is 0 Å². The predicted molar refractivity (Wildman–Crippen MR) is 245 cm³/mol. The number of benzene rings is 5. The van der Waals surface area contributed by atoms with Crippen LogP contribution in [0.2, 0.25) is 5.02 Å². The van der Waals surface area contributed by atoms with Gasteiger partial charge in [-0.1, -0.05) is 80.0 Å². The zero-order valence-corrected chi connectivity index (χ0v) is 38.0. The Morgan fingerprint density at radius 3 is 2.14 bits per heavy atom. The SMILES string of the molecule is CCN(CC)CC[C@H](CSc1ccccc1)Nc1ccc(S(=O)(=O)NC(=O)c2ccc(N3CCC(C(O)c4ccccc4-c4ccc(Cl)cc4)CC3)cc2)cc1S(=O)(=O)C(F)(F)F. The fraction of sp³-hybridized carbons (Fsp3) is 0.326. The number of halogens is 4. The van der Waals surface area contributed by atoms with Crippen molar-refractivity contribution in [2.24, 2.45) is 5.92 Å². The molecule has 1 heterocycles. The first kappa shape index (κ1) is 47.9. The lowest BCUT2D eigenvalue weighted by Crippen LogP contribution is -2.36. The maximum Gasteiger partial charge on any atom is 0.501 e. The molecule has 1 aliphatic rings. The molecule has 1 amide bonds. The van der Waals surface area contributed by atoms with Gasteiger partial charge in [0.2, 0.25) is 0 Å². The first-order valence-electron chi connectivity index (χ1n) is 20.6. The number of aliphatic hydroxyl groups is 1. The first-order valence-corrected chi connectivity index (χ1v) is 24.9. The van der Waals surface area contributed by atoms with Gasteiger partial charge in [0.25, 0.3) is 25.8 Å². The standard InChI is InChI=1S/C46H50ClF3N4O6S3/c1-3-53(4-2)27-26-36(31-61-38-10-6-5-7-11-38)51-42-23-22-39(30-43(42)62(57,58)46(48,49)50)63(59,60)52-45(56)34-16-20-37(21-17-34)54-28-24-33(25-29-54)44(55)41-13-9-8-12-40(41)32-14-18-35(47)19-15-32/h5-23,30,33,36,44,51,55H,3-4,24-29,31H2,1-2H3,(H,52,56)/t36-,44?/m1/s1. The summed E-state index contributed by atoms with van der Waals surface area (Å²) in [5.74, 6) is -0.702. The van der Waals surface area contributed by atoms with Crippen molar-refractivity contribution in [2.75, 3.05) is 48.7 Å². The number of nitrogens with one attached hydrogen (secondary N) is 2. The Bertz CT molecular complexity index is 2540. The molecule has 5 aromatic carbocycles. The summed E-state index contributed by atoms with van der Waals surface area (Å²) in [6.45, 7) is 7.23. The van der Waals surface area contributed by atoms with E-state index in [0.29, 0.717) is 55.7 Å². The van der Waals surface area contributed by atoms with E-state index in [1.165, 1.54) is 23.9 Å². The monoisotopic (exact) mass is 942 g/mol. The van der Waals surface area contributed by atoms with Crippen LogP contribution in [0.3, 0.4) is 0 Å². The molecular formula is C46H50ClF3N4O6S3. The van der Waals surface area contributed by atoms with E-state index < -0.39 is 58.9 Å². The van der Waals surface area contributed by atoms with E-state index in [2.05, 4.69) is 15.1 Å². The summed E-state index contributed by atoms with van der Waals surface area (Å²) >= 11 is 7.54. The lowest BCUT2D eigenvalue weighted by atomic mass is 9.84. The summed E-state index contributed by atoms with van der Waals surface area (Å²) in [6.07, 6.45) is 1.11. The highest BCUT2D eigenvalue weighted by Crippen LogP contribution is 2.39. The topological polar surface area (TPSA) is 136 Å². The third-order valence-corrected chi connectivity index (χ3v) is 15.5. The number of piperidine rings is 1. The van der Waals surface area contributed by atoms with Crippen molar-refractivity contribution in [3.8, 4) is 11.1 Å². The maximum absolute atomic E-state index is 14.1. The number of rotatable bonds is 18. The number of nitrogens with zero attached hydrogens (tertiary/aromatic N) is 2. The fourth-order valence-corrected chi connectivity index (χ4v) is 10.7. The predicted octanol–water partition coefficient (Wildman–Crippen LogP) is 9.67. The van der Waals surface area contributed by atoms with Crippen molar-refractivity contribution >= 4 is 60.5 Å². The fourth-order valence-electron chi connectivity index (χ4n) is 7.58. The molecule has 0 spiro atoms. The van der Waals surface area contributed by atoms with Gasteiger partial charge >= 0.3 is 5.51 Å². The van der Waals surface area contributed by atoms with Gasteiger partial charge in [0.05, 0.1) is 16.7 Å². The summed E-state index contributed by atoms with van der Waals surface area (Å²) in [7, 11) is -10.9. The van der Waals surface area contributed by atoms with Gasteiger partial charge in [-0.05, 0) is 122 Å². The highest BCUT2D eigenvalue weighted by molar-refractivity contribution is 7.99. The van der Waals surface area contributed by atoms with Crippen LogP contribution in [0.15, 0.2) is 136 Å². The van der Waals surface area contributed by atoms with Gasteiger partial charge in [-0.15, -0.1) is 11.8 Å². The minimum absolute atomic E-state index is 0.0148. The van der Waals surface area contributed by atoms with Crippen LogP contribution in [0.25, 0.3) is 11.1 Å². The minimum Gasteiger partial charge on any atom is -0.388 e. The smallest absolute Gasteiger partial charge is 0.388 e. The van der Waals surface area contributed by atoms with Gasteiger partial charge in [-0.2, -0.15) is 13.2 Å². The van der Waals surface area contributed by atoms with E-state index in [-0.39, 0.29) is 11.5 Å².